The summed E-state index contributed by atoms with van der Waals surface area (Å²) in [6.45, 7) is 4.22. The van der Waals surface area contributed by atoms with Gasteiger partial charge in [-0.2, -0.15) is 9.78 Å². The molecule has 5 nitrogen and oxygen atoms in total. The van der Waals surface area contributed by atoms with Gasteiger partial charge in [0.1, 0.15) is 11.4 Å². The van der Waals surface area contributed by atoms with Gasteiger partial charge >= 0.3 is 0 Å². The summed E-state index contributed by atoms with van der Waals surface area (Å²) in [5, 5.41) is 14.0. The molecule has 1 N–H and O–H groups in total. The Bertz CT molecular complexity index is 606. The summed E-state index contributed by atoms with van der Waals surface area (Å²) in [6, 6.07) is 7.66. The lowest BCUT2D eigenvalue weighted by Crippen LogP contribution is -2.03. The number of nitrogens with zero attached hydrogens (tertiary/aromatic N) is 2. The summed E-state index contributed by atoms with van der Waals surface area (Å²) < 4.78 is 12.7. The van der Waals surface area contributed by atoms with Crippen LogP contribution in [0.15, 0.2) is 24.3 Å². The molecule has 0 aliphatic heterocycles. The summed E-state index contributed by atoms with van der Waals surface area (Å²) in [4.78, 5) is 0. The lowest BCUT2D eigenvalue weighted by atomic mass is 10.0. The van der Waals surface area contributed by atoms with Crippen molar-refractivity contribution in [3.8, 4) is 17.3 Å². The topological polar surface area (TPSA) is 56.5 Å². The van der Waals surface area contributed by atoms with Gasteiger partial charge < -0.3 is 14.6 Å². The lowest BCUT2D eigenvalue weighted by molar-refractivity contribution is 0.295. The maximum atomic E-state index is 9.31. The van der Waals surface area contributed by atoms with E-state index >= 15 is 0 Å². The van der Waals surface area contributed by atoms with Crippen LogP contribution in [0.1, 0.15) is 31.0 Å². The third-order valence-electron chi connectivity index (χ3n) is 3.38. The molecular weight excluding hydrogens is 268 g/mol. The van der Waals surface area contributed by atoms with Crippen molar-refractivity contribution in [2.45, 2.75) is 26.2 Å². The summed E-state index contributed by atoms with van der Waals surface area (Å²) in [6.07, 6.45) is 0.520. The van der Waals surface area contributed by atoms with Gasteiger partial charge in [0.25, 0.3) is 0 Å². The molecule has 21 heavy (non-hydrogen) atoms. The molecule has 0 saturated carbocycles. The number of rotatable bonds is 6. The van der Waals surface area contributed by atoms with E-state index in [0.29, 0.717) is 12.3 Å². The Morgan fingerprint density at radius 3 is 2.48 bits per heavy atom. The van der Waals surface area contributed by atoms with Crippen LogP contribution in [0.25, 0.3) is 5.69 Å². The van der Waals surface area contributed by atoms with Crippen LogP contribution in [0.5, 0.6) is 11.6 Å². The maximum absolute atomic E-state index is 9.31. The van der Waals surface area contributed by atoms with E-state index in [0.717, 1.165) is 22.7 Å². The van der Waals surface area contributed by atoms with Crippen molar-refractivity contribution in [2.75, 3.05) is 20.8 Å². The van der Waals surface area contributed by atoms with Gasteiger partial charge in [0.2, 0.25) is 5.88 Å². The average molecular weight is 290 g/mol. The number of hydrogen-bond acceptors (Lipinski definition) is 4. The van der Waals surface area contributed by atoms with Crippen molar-refractivity contribution in [2.24, 2.45) is 0 Å². The van der Waals surface area contributed by atoms with E-state index in [1.807, 2.05) is 24.3 Å². The molecule has 0 fully saturated rings. The minimum Gasteiger partial charge on any atom is -0.494 e. The molecule has 0 radical (unpaired) electrons. The van der Waals surface area contributed by atoms with E-state index in [1.165, 1.54) is 0 Å². The molecular formula is C16H22N2O3. The second kappa shape index (κ2) is 6.63. The molecule has 0 unspecified atom stereocenters. The number of para-hydroxylation sites is 2. The Balaban J connectivity index is 2.65. The van der Waals surface area contributed by atoms with Crippen molar-refractivity contribution in [3.63, 3.8) is 0 Å². The van der Waals surface area contributed by atoms with Crippen molar-refractivity contribution in [1.29, 1.82) is 0 Å². The van der Waals surface area contributed by atoms with Crippen molar-refractivity contribution in [3.05, 3.63) is 35.5 Å². The zero-order valence-electron chi connectivity index (χ0n) is 13.0. The lowest BCUT2D eigenvalue weighted by Gasteiger charge is -2.11. The highest BCUT2D eigenvalue weighted by Gasteiger charge is 2.22. The fourth-order valence-corrected chi connectivity index (χ4v) is 2.44. The van der Waals surface area contributed by atoms with Crippen LogP contribution in [0.3, 0.4) is 0 Å². The Morgan fingerprint density at radius 2 is 1.90 bits per heavy atom. The van der Waals surface area contributed by atoms with Gasteiger partial charge in [-0.3, -0.25) is 0 Å². The molecule has 0 aliphatic carbocycles. The smallest absolute Gasteiger partial charge is 0.220 e. The molecule has 0 amide bonds. The summed E-state index contributed by atoms with van der Waals surface area (Å²) in [5.74, 6) is 1.62. The number of benzene rings is 1. The monoisotopic (exact) mass is 290 g/mol. The predicted octanol–water partition coefficient (Wildman–Crippen LogP) is 2.55. The zero-order valence-corrected chi connectivity index (χ0v) is 13.0. The van der Waals surface area contributed by atoms with E-state index in [-0.39, 0.29) is 12.5 Å². The standard InChI is InChI=1S/C16H22N2O3/c1-11(2)15-12(9-10-19)16(21-4)18(17-15)13-7-5-6-8-14(13)20-3/h5-8,11,19H,9-10H2,1-4H3. The minimum absolute atomic E-state index is 0.0632. The van der Waals surface area contributed by atoms with E-state index < -0.39 is 0 Å². The molecule has 0 spiro atoms. The zero-order chi connectivity index (χ0) is 15.4. The first-order valence-corrected chi connectivity index (χ1v) is 7.04. The molecule has 2 rings (SSSR count). The van der Waals surface area contributed by atoms with Crippen molar-refractivity contribution >= 4 is 0 Å². The summed E-state index contributed by atoms with van der Waals surface area (Å²) in [5.41, 5.74) is 2.70. The Kier molecular flexibility index (Phi) is 4.85. The first kappa shape index (κ1) is 15.4. The Morgan fingerprint density at radius 1 is 1.19 bits per heavy atom. The van der Waals surface area contributed by atoms with E-state index in [1.54, 1.807) is 18.9 Å². The third-order valence-corrected chi connectivity index (χ3v) is 3.38. The number of ether oxygens (including phenoxy) is 2. The fraction of sp³-hybridized carbons (Fsp3) is 0.438. The quantitative estimate of drug-likeness (QED) is 0.888. The van der Waals surface area contributed by atoms with Crippen LogP contribution in [-0.2, 0) is 6.42 Å². The normalized spacial score (nSPS) is 11.0. The highest BCUT2D eigenvalue weighted by atomic mass is 16.5. The van der Waals surface area contributed by atoms with Crippen molar-refractivity contribution in [1.82, 2.24) is 9.78 Å². The molecule has 1 aromatic heterocycles. The van der Waals surface area contributed by atoms with Gasteiger partial charge in [0.05, 0.1) is 19.9 Å². The fourth-order valence-electron chi connectivity index (χ4n) is 2.44. The predicted molar refractivity (Wildman–Crippen MR) is 81.5 cm³/mol. The van der Waals surface area contributed by atoms with E-state index in [2.05, 4.69) is 18.9 Å². The van der Waals surface area contributed by atoms with Gasteiger partial charge in [-0.1, -0.05) is 26.0 Å². The molecule has 114 valence electrons. The minimum atomic E-state index is 0.0632. The number of hydrogen-bond donors (Lipinski definition) is 1. The Hall–Kier alpha value is -2.01. The number of aliphatic hydroxyl groups is 1. The van der Waals surface area contributed by atoms with Crippen LogP contribution in [0, 0.1) is 0 Å². The maximum Gasteiger partial charge on any atom is 0.220 e. The molecule has 0 aliphatic rings. The molecule has 0 saturated heterocycles. The molecule has 1 heterocycles. The number of aliphatic hydroxyl groups excluding tert-OH is 1. The molecule has 0 bridgehead atoms. The largest absolute Gasteiger partial charge is 0.494 e. The van der Waals surface area contributed by atoms with Crippen LogP contribution in [0.4, 0.5) is 0 Å². The molecule has 0 atom stereocenters. The second-order valence-electron chi connectivity index (χ2n) is 5.09. The summed E-state index contributed by atoms with van der Waals surface area (Å²) in [7, 11) is 3.25. The number of aromatic nitrogens is 2. The van der Waals surface area contributed by atoms with Gasteiger partial charge in [-0.25, -0.2) is 0 Å². The molecule has 1 aromatic carbocycles. The third kappa shape index (κ3) is 2.88. The molecule has 2 aromatic rings. The number of methoxy groups -OCH3 is 2. The second-order valence-corrected chi connectivity index (χ2v) is 5.09. The van der Waals surface area contributed by atoms with E-state index in [9.17, 15) is 5.11 Å². The average Bonchev–Trinajstić information content (AvgIpc) is 2.86. The Labute approximate surface area is 125 Å². The van der Waals surface area contributed by atoms with Gasteiger partial charge in [0.15, 0.2) is 0 Å². The van der Waals surface area contributed by atoms with Gasteiger partial charge in [-0.05, 0) is 18.1 Å². The first-order chi connectivity index (χ1) is 10.1. The van der Waals surface area contributed by atoms with Gasteiger partial charge in [0, 0.05) is 18.6 Å². The highest BCUT2D eigenvalue weighted by Crippen LogP contribution is 2.33. The highest BCUT2D eigenvalue weighted by molar-refractivity contribution is 5.50. The molecule has 5 heteroatoms. The SMILES string of the molecule is COc1ccccc1-n1nc(C(C)C)c(CCO)c1OC. The first-order valence-electron chi connectivity index (χ1n) is 7.04. The van der Waals surface area contributed by atoms with Crippen molar-refractivity contribution < 1.29 is 14.6 Å². The van der Waals surface area contributed by atoms with Crippen LogP contribution >= 0.6 is 0 Å². The van der Waals surface area contributed by atoms with Crippen LogP contribution in [0.2, 0.25) is 0 Å². The van der Waals surface area contributed by atoms with Crippen LogP contribution in [-0.4, -0.2) is 35.7 Å². The van der Waals surface area contributed by atoms with E-state index in [4.69, 9.17) is 9.47 Å². The van der Waals surface area contributed by atoms with Gasteiger partial charge in [-0.15, -0.1) is 0 Å². The summed E-state index contributed by atoms with van der Waals surface area (Å²) >= 11 is 0. The van der Waals surface area contributed by atoms with Crippen LogP contribution < -0.4 is 9.47 Å².